The van der Waals surface area contributed by atoms with Crippen molar-refractivity contribution in [2.45, 2.75) is 118 Å². The molecule has 0 saturated carbocycles. The summed E-state index contributed by atoms with van der Waals surface area (Å²) in [5.74, 6) is 3.87. The van der Waals surface area contributed by atoms with Crippen molar-refractivity contribution in [3.63, 3.8) is 0 Å². The number of ether oxygens (including phenoxy) is 5. The Morgan fingerprint density at radius 2 is 1.56 bits per heavy atom. The van der Waals surface area contributed by atoms with Crippen LogP contribution in [0.1, 0.15) is 77.0 Å². The molecule has 0 aromatic carbocycles. The molecule has 0 aliphatic carbocycles. The maximum absolute atomic E-state index is 7.24. The van der Waals surface area contributed by atoms with E-state index in [0.29, 0.717) is 0 Å². The highest BCUT2D eigenvalue weighted by Gasteiger charge is 2.80. The van der Waals surface area contributed by atoms with Crippen molar-refractivity contribution in [3.05, 3.63) is 61.0 Å². The fourth-order valence-corrected chi connectivity index (χ4v) is 14.0. The Bertz CT molecular complexity index is 1400. The van der Waals surface area contributed by atoms with E-state index in [9.17, 15) is 0 Å². The topological polar surface area (TPSA) is 62.4 Å². The summed E-state index contributed by atoms with van der Waals surface area (Å²) < 4.78 is 34.9. The molecule has 10 nitrogen and oxygen atoms in total. The highest BCUT2D eigenvalue weighted by atomic mass is 32.2. The quantitative estimate of drug-likeness (QED) is 0.278. The zero-order valence-electron chi connectivity index (χ0n) is 32.3. The minimum absolute atomic E-state index is 0.0518. The molecule has 9 heterocycles. The predicted molar refractivity (Wildman–Crippen MR) is 216 cm³/mol. The molecule has 6 fully saturated rings. The van der Waals surface area contributed by atoms with E-state index in [1.165, 1.54) is 32.1 Å². The standard InChI is InChI=1S/C42H63N5O5S2/c1-7-19-43(20-8-1)42(44-21-29-48-30-22-44)41(37-16-4-11-27-51-37,38-17-6-13-31-54-38)47(39-18-5-12-28-52-39)40(35-14-2-9-25-49-35,36-15-3-10-26-50-36)34-46(42)45-23-32-53-33-24-45/h5,9,11-12,16,18,25,27-28,35-36,38-39H,1-4,6-8,10,13-15,17,19-24,26,29-34H2. The molecule has 54 heavy (non-hydrogen) atoms. The molecule has 298 valence electrons. The Labute approximate surface area is 332 Å². The molecule has 0 spiro atoms. The molecule has 0 aromatic heterocycles. The van der Waals surface area contributed by atoms with Crippen LogP contribution >= 0.6 is 23.5 Å². The summed E-state index contributed by atoms with van der Waals surface area (Å²) in [6.07, 6.45) is 32.1. The molecule has 0 bridgehead atoms. The lowest BCUT2D eigenvalue weighted by atomic mass is 9.65. The maximum atomic E-state index is 7.24. The molecular weight excluding hydrogens is 719 g/mol. The molecule has 7 atom stereocenters. The van der Waals surface area contributed by atoms with Crippen LogP contribution in [0.4, 0.5) is 0 Å². The number of hydrazine groups is 1. The van der Waals surface area contributed by atoms with E-state index in [1.54, 1.807) is 0 Å². The van der Waals surface area contributed by atoms with Crippen LogP contribution in [-0.4, -0.2) is 148 Å². The largest absolute Gasteiger partial charge is 0.496 e. The number of rotatable bonds is 8. The van der Waals surface area contributed by atoms with Crippen LogP contribution in [0.5, 0.6) is 0 Å². The molecule has 9 aliphatic heterocycles. The van der Waals surface area contributed by atoms with Gasteiger partial charge in [0.05, 0.1) is 38.1 Å². The Kier molecular flexibility index (Phi) is 12.1. The van der Waals surface area contributed by atoms with Crippen LogP contribution in [0.3, 0.4) is 0 Å². The van der Waals surface area contributed by atoms with Crippen molar-refractivity contribution in [2.24, 2.45) is 0 Å². The number of thioether (sulfide) groups is 2. The highest BCUT2D eigenvalue weighted by molar-refractivity contribution is 8.00. The van der Waals surface area contributed by atoms with Gasteiger partial charge in [0, 0.05) is 69.2 Å². The van der Waals surface area contributed by atoms with Crippen LogP contribution in [0.15, 0.2) is 61.0 Å². The van der Waals surface area contributed by atoms with Crippen LogP contribution in [0, 0.1) is 0 Å². The van der Waals surface area contributed by atoms with E-state index >= 15 is 0 Å². The third-order valence-electron chi connectivity index (χ3n) is 13.6. The molecular formula is C42H63N5O5S2. The molecule has 7 unspecified atom stereocenters. The molecule has 0 N–H and O–H groups in total. The van der Waals surface area contributed by atoms with E-state index in [2.05, 4.69) is 78.6 Å². The van der Waals surface area contributed by atoms with Crippen LogP contribution in [0.2, 0.25) is 0 Å². The van der Waals surface area contributed by atoms with Gasteiger partial charge in [-0.1, -0.05) is 18.9 Å². The highest BCUT2D eigenvalue weighted by Crippen LogP contribution is 2.62. The average molecular weight is 782 g/mol. The predicted octanol–water partition coefficient (Wildman–Crippen LogP) is 6.31. The molecule has 6 saturated heterocycles. The monoisotopic (exact) mass is 781 g/mol. The number of likely N-dealkylation sites (tertiary alicyclic amines) is 1. The maximum Gasteiger partial charge on any atom is 0.173 e. The van der Waals surface area contributed by atoms with Gasteiger partial charge in [-0.05, 0) is 100 Å². The van der Waals surface area contributed by atoms with E-state index in [-0.39, 0.29) is 23.7 Å². The van der Waals surface area contributed by atoms with Gasteiger partial charge in [-0.3, -0.25) is 9.80 Å². The molecule has 9 aliphatic rings. The molecule has 0 amide bonds. The van der Waals surface area contributed by atoms with E-state index < -0.39 is 16.9 Å². The van der Waals surface area contributed by atoms with E-state index in [0.717, 1.165) is 134 Å². The first-order valence-electron chi connectivity index (χ1n) is 21.3. The zero-order chi connectivity index (χ0) is 36.3. The number of hydrogen-bond donors (Lipinski definition) is 0. The number of morpholine rings is 1. The number of piperidine rings is 1. The first-order valence-corrected chi connectivity index (χ1v) is 23.5. The minimum Gasteiger partial charge on any atom is -0.496 e. The van der Waals surface area contributed by atoms with Gasteiger partial charge in [-0.15, -0.1) is 0 Å². The van der Waals surface area contributed by atoms with Gasteiger partial charge < -0.3 is 23.7 Å². The molecule has 0 aromatic rings. The summed E-state index contributed by atoms with van der Waals surface area (Å²) in [6, 6.07) is 0. The Hall–Kier alpha value is -1.48. The Balaban J connectivity index is 1.42. The van der Waals surface area contributed by atoms with Gasteiger partial charge in [0.15, 0.2) is 12.0 Å². The third-order valence-corrected chi connectivity index (χ3v) is 16.0. The fraction of sp³-hybridized carbons (Fsp3) is 0.762. The van der Waals surface area contributed by atoms with Crippen molar-refractivity contribution in [1.82, 2.24) is 24.7 Å². The molecule has 9 rings (SSSR count). The summed E-state index contributed by atoms with van der Waals surface area (Å²) in [6.45, 7) is 8.87. The first-order chi connectivity index (χ1) is 26.8. The van der Waals surface area contributed by atoms with Crippen LogP contribution in [-0.2, 0) is 23.7 Å². The van der Waals surface area contributed by atoms with Crippen LogP contribution < -0.4 is 0 Å². The number of piperazine rings is 1. The van der Waals surface area contributed by atoms with Crippen molar-refractivity contribution < 1.29 is 23.7 Å². The van der Waals surface area contributed by atoms with Gasteiger partial charge >= 0.3 is 0 Å². The lowest BCUT2D eigenvalue weighted by Gasteiger charge is -2.78. The van der Waals surface area contributed by atoms with Gasteiger partial charge in [-0.25, -0.2) is 14.9 Å². The van der Waals surface area contributed by atoms with Crippen molar-refractivity contribution in [2.75, 3.05) is 82.9 Å². The third kappa shape index (κ3) is 6.46. The van der Waals surface area contributed by atoms with Crippen molar-refractivity contribution in [3.8, 4) is 0 Å². The van der Waals surface area contributed by atoms with Gasteiger partial charge in [-0.2, -0.15) is 23.5 Å². The van der Waals surface area contributed by atoms with E-state index in [4.69, 9.17) is 23.7 Å². The normalized spacial score (nSPS) is 40.8. The average Bonchev–Trinajstić information content (AvgIpc) is 3.28. The summed E-state index contributed by atoms with van der Waals surface area (Å²) in [4.78, 5) is 8.74. The lowest BCUT2D eigenvalue weighted by molar-refractivity contribution is -0.383. The second kappa shape index (κ2) is 17.2. The van der Waals surface area contributed by atoms with E-state index in [1.807, 2.05) is 24.9 Å². The number of allylic oxidation sites excluding steroid dienone is 5. The van der Waals surface area contributed by atoms with Gasteiger partial charge in [0.25, 0.3) is 0 Å². The number of nitrogens with zero attached hydrogens (tertiary/aromatic N) is 5. The van der Waals surface area contributed by atoms with Gasteiger partial charge in [0.1, 0.15) is 22.9 Å². The number of hydrogen-bond acceptors (Lipinski definition) is 12. The molecule has 0 radical (unpaired) electrons. The SMILES string of the molecule is C1=COC(N2C(C3CCC=CO3)(C3CCCCO3)CN(N3CCSCC3)C(N3CCCCC3)(N3CCOCC3)C2(C2=CCC=CO2)C2CCCCS2)C=C1. The van der Waals surface area contributed by atoms with Crippen LogP contribution in [0.25, 0.3) is 0 Å². The first kappa shape index (κ1) is 38.1. The fourth-order valence-electron chi connectivity index (χ4n) is 11.5. The summed E-state index contributed by atoms with van der Waals surface area (Å²) in [5.41, 5.74) is -1.28. The minimum atomic E-state index is -0.702. The molecule has 12 heteroatoms. The van der Waals surface area contributed by atoms with Crippen molar-refractivity contribution >= 4 is 23.5 Å². The Morgan fingerprint density at radius 3 is 2.26 bits per heavy atom. The van der Waals surface area contributed by atoms with Gasteiger partial charge in [0.2, 0.25) is 0 Å². The summed E-state index contributed by atoms with van der Waals surface area (Å²) >= 11 is 4.29. The van der Waals surface area contributed by atoms with Crippen molar-refractivity contribution in [1.29, 1.82) is 0 Å². The summed E-state index contributed by atoms with van der Waals surface area (Å²) in [5, 5.41) is 5.97. The Morgan fingerprint density at radius 1 is 0.704 bits per heavy atom. The second-order valence-electron chi connectivity index (χ2n) is 16.4. The second-order valence-corrected chi connectivity index (χ2v) is 18.9. The zero-order valence-corrected chi connectivity index (χ0v) is 33.9. The summed E-state index contributed by atoms with van der Waals surface area (Å²) in [7, 11) is 0. The smallest absolute Gasteiger partial charge is 0.173 e. The lowest BCUT2D eigenvalue weighted by Crippen LogP contribution is -2.97.